The summed E-state index contributed by atoms with van der Waals surface area (Å²) in [5, 5.41) is 9.08. The third-order valence-electron chi connectivity index (χ3n) is 15.1. The summed E-state index contributed by atoms with van der Waals surface area (Å²) >= 11 is 0. The molecule has 2 aliphatic carbocycles. The predicted molar refractivity (Wildman–Crippen MR) is 262 cm³/mol. The van der Waals surface area contributed by atoms with Crippen LogP contribution in [0.3, 0.4) is 0 Å². The van der Waals surface area contributed by atoms with Crippen molar-refractivity contribution in [1.82, 2.24) is 0 Å². The third kappa shape index (κ3) is 4.24. The zero-order chi connectivity index (χ0) is 42.4. The summed E-state index contributed by atoms with van der Waals surface area (Å²) in [5.74, 6) is 0. The third-order valence-corrected chi connectivity index (χ3v) is 15.1. The Labute approximate surface area is 366 Å². The molecule has 0 fully saturated rings. The molecule has 0 saturated heterocycles. The topological polar surface area (TPSA) is 52.6 Å². The van der Waals surface area contributed by atoms with Crippen LogP contribution in [0.4, 0.5) is 0 Å². The Morgan fingerprint density at radius 1 is 0.297 bits per heavy atom. The van der Waals surface area contributed by atoms with Gasteiger partial charge in [0.1, 0.15) is 44.7 Å². The Morgan fingerprint density at radius 2 is 0.641 bits per heavy atom. The van der Waals surface area contributed by atoms with Gasteiger partial charge in [-0.15, -0.1) is 0 Å². The Bertz CT molecular complexity index is 3980. The minimum absolute atomic E-state index is 0.323. The van der Waals surface area contributed by atoms with Crippen LogP contribution in [0.2, 0.25) is 0 Å². The van der Waals surface area contributed by atoms with Crippen molar-refractivity contribution < 1.29 is 17.7 Å². The summed E-state index contributed by atoms with van der Waals surface area (Å²) in [6.45, 7) is 9.58. The molecule has 4 aromatic heterocycles. The maximum absolute atomic E-state index is 6.93. The first kappa shape index (κ1) is 34.7. The maximum Gasteiger partial charge on any atom is 0.143 e. The molecular weight excluding hydrogens is 785 g/mol. The molecule has 0 aliphatic heterocycles. The van der Waals surface area contributed by atoms with Gasteiger partial charge in [-0.2, -0.15) is 0 Å². The zero-order valence-electron chi connectivity index (χ0n) is 35.6. The van der Waals surface area contributed by atoms with Crippen LogP contribution in [0, 0.1) is 0 Å². The Balaban J connectivity index is 0.983. The van der Waals surface area contributed by atoms with Gasteiger partial charge >= 0.3 is 0 Å². The van der Waals surface area contributed by atoms with Crippen molar-refractivity contribution in [2.75, 3.05) is 0 Å². The number of furan rings is 4. The second-order valence-electron chi connectivity index (χ2n) is 19.1. The summed E-state index contributed by atoms with van der Waals surface area (Å²) < 4.78 is 26.7. The van der Waals surface area contributed by atoms with Crippen LogP contribution >= 0.6 is 0 Å². The molecule has 13 aromatic rings. The van der Waals surface area contributed by atoms with E-state index in [1.54, 1.807) is 0 Å². The van der Waals surface area contributed by atoms with E-state index in [-0.39, 0.29) is 10.8 Å². The molecule has 0 saturated carbocycles. The summed E-state index contributed by atoms with van der Waals surface area (Å²) in [6.07, 6.45) is 0. The number of hydrogen-bond donors (Lipinski definition) is 0. The van der Waals surface area contributed by atoms with Gasteiger partial charge in [0.25, 0.3) is 0 Å². The molecule has 4 heteroatoms. The molecular formula is C60H38O4. The van der Waals surface area contributed by atoms with Gasteiger partial charge in [0.05, 0.1) is 0 Å². The lowest BCUT2D eigenvalue weighted by Gasteiger charge is -2.24. The molecule has 0 amide bonds. The Hall–Kier alpha value is -7.82. The summed E-state index contributed by atoms with van der Waals surface area (Å²) in [7, 11) is 0. The maximum atomic E-state index is 6.93. The van der Waals surface area contributed by atoms with Crippen molar-refractivity contribution >= 4 is 87.8 Å². The molecule has 302 valence electrons. The first-order valence-corrected chi connectivity index (χ1v) is 22.2. The van der Waals surface area contributed by atoms with Crippen LogP contribution in [0.25, 0.3) is 132 Å². The van der Waals surface area contributed by atoms with Crippen molar-refractivity contribution in [2.24, 2.45) is 0 Å². The van der Waals surface area contributed by atoms with E-state index in [2.05, 4.69) is 161 Å². The monoisotopic (exact) mass is 822 g/mol. The Kier molecular flexibility index (Phi) is 6.29. The van der Waals surface area contributed by atoms with Crippen molar-refractivity contribution in [2.45, 2.75) is 38.5 Å². The van der Waals surface area contributed by atoms with Crippen molar-refractivity contribution in [3.8, 4) is 44.5 Å². The molecule has 0 unspecified atom stereocenters. The van der Waals surface area contributed by atoms with Crippen LogP contribution in [0.5, 0.6) is 0 Å². The molecule has 0 atom stereocenters. The lowest BCUT2D eigenvalue weighted by molar-refractivity contribution is 0.650. The molecule has 0 spiro atoms. The molecule has 15 rings (SSSR count). The minimum Gasteiger partial charge on any atom is -0.456 e. The van der Waals surface area contributed by atoms with E-state index >= 15 is 0 Å². The molecule has 64 heavy (non-hydrogen) atoms. The highest BCUT2D eigenvalue weighted by Gasteiger charge is 2.44. The first-order chi connectivity index (χ1) is 31.2. The molecule has 4 heterocycles. The molecule has 4 nitrogen and oxygen atoms in total. The Morgan fingerprint density at radius 3 is 1.06 bits per heavy atom. The second-order valence-corrected chi connectivity index (χ2v) is 19.1. The smallest absolute Gasteiger partial charge is 0.143 e. The number of para-hydroxylation sites is 4. The average molecular weight is 823 g/mol. The summed E-state index contributed by atoms with van der Waals surface area (Å²) in [5.41, 5.74) is 21.1. The van der Waals surface area contributed by atoms with Crippen LogP contribution in [-0.2, 0) is 10.8 Å². The number of benzene rings is 9. The normalized spacial score (nSPS) is 14.8. The van der Waals surface area contributed by atoms with Gasteiger partial charge in [0, 0.05) is 65.0 Å². The predicted octanol–water partition coefficient (Wildman–Crippen LogP) is 17.2. The lowest BCUT2D eigenvalue weighted by Crippen LogP contribution is -2.17. The standard InChI is InChI=1S/C60H38O4/c1-59(2)43-29-42-44(30-41(43)53-45(59)27-39(57-55(53)37-15-7-11-19-49(37)63-57)31-21-23-35-33-13-5-9-17-47(33)61-51(35)25-31)60(3,4)46-28-40(58-56(54(42)46)38-16-8-12-20-50(38)64-58)32-22-24-36-34-14-6-10-18-48(34)62-52(36)26-32/h5-30H,1-4H3. The fourth-order valence-corrected chi connectivity index (χ4v) is 11.9. The van der Waals surface area contributed by atoms with E-state index in [1.165, 1.54) is 55.3 Å². The van der Waals surface area contributed by atoms with Crippen molar-refractivity contribution in [1.29, 1.82) is 0 Å². The quantitative estimate of drug-likeness (QED) is 0.174. The summed E-state index contributed by atoms with van der Waals surface area (Å²) in [4.78, 5) is 0. The zero-order valence-corrected chi connectivity index (χ0v) is 35.6. The van der Waals surface area contributed by atoms with E-state index in [9.17, 15) is 0 Å². The van der Waals surface area contributed by atoms with E-state index in [4.69, 9.17) is 17.7 Å². The summed E-state index contributed by atoms with van der Waals surface area (Å²) in [6, 6.07) is 56.7. The number of fused-ring (bicyclic) bond motifs is 20. The number of rotatable bonds is 2. The van der Waals surface area contributed by atoms with E-state index in [0.717, 1.165) is 99.2 Å². The fraction of sp³-hybridized carbons (Fsp3) is 0.100. The van der Waals surface area contributed by atoms with Gasteiger partial charge in [-0.3, -0.25) is 0 Å². The average Bonchev–Trinajstić information content (AvgIpc) is 4.15. The van der Waals surface area contributed by atoms with Crippen LogP contribution in [0.15, 0.2) is 175 Å². The van der Waals surface area contributed by atoms with E-state index in [1.807, 2.05) is 24.3 Å². The molecule has 0 N–H and O–H groups in total. The van der Waals surface area contributed by atoms with Gasteiger partial charge in [-0.05, 0) is 128 Å². The molecule has 0 radical (unpaired) electrons. The SMILES string of the molecule is CC1(C)c2cc3c(cc2-c2c1cc(-c1ccc4c(c1)oc1ccccc14)c1oc4ccccc4c21)C(C)(C)c1cc(-c2ccc4c(c2)oc2ccccc24)c2oc4ccccc4c2c1-3. The minimum atomic E-state index is -0.323. The highest BCUT2D eigenvalue weighted by atomic mass is 16.3. The highest BCUT2D eigenvalue weighted by Crippen LogP contribution is 2.61. The molecule has 2 aliphatic rings. The largest absolute Gasteiger partial charge is 0.456 e. The van der Waals surface area contributed by atoms with Gasteiger partial charge < -0.3 is 17.7 Å². The molecule has 9 aromatic carbocycles. The van der Waals surface area contributed by atoms with Crippen LogP contribution in [-0.4, -0.2) is 0 Å². The second kappa shape index (κ2) is 11.6. The van der Waals surface area contributed by atoms with Gasteiger partial charge in [0.15, 0.2) is 0 Å². The first-order valence-electron chi connectivity index (χ1n) is 22.2. The van der Waals surface area contributed by atoms with Crippen molar-refractivity contribution in [3.05, 3.63) is 180 Å². The van der Waals surface area contributed by atoms with Gasteiger partial charge in [-0.25, -0.2) is 0 Å². The highest BCUT2D eigenvalue weighted by molar-refractivity contribution is 6.22. The van der Waals surface area contributed by atoms with Gasteiger partial charge in [-0.1, -0.05) is 113 Å². The fourth-order valence-electron chi connectivity index (χ4n) is 11.9. The van der Waals surface area contributed by atoms with Crippen LogP contribution in [0.1, 0.15) is 49.9 Å². The van der Waals surface area contributed by atoms with E-state index < -0.39 is 0 Å². The number of hydrogen-bond acceptors (Lipinski definition) is 4. The van der Waals surface area contributed by atoms with Gasteiger partial charge in [0.2, 0.25) is 0 Å². The van der Waals surface area contributed by atoms with E-state index in [0.29, 0.717) is 0 Å². The lowest BCUT2D eigenvalue weighted by atomic mass is 9.79. The van der Waals surface area contributed by atoms with Crippen LogP contribution < -0.4 is 0 Å². The van der Waals surface area contributed by atoms with Crippen molar-refractivity contribution in [3.63, 3.8) is 0 Å². The molecule has 0 bridgehead atoms.